The summed E-state index contributed by atoms with van der Waals surface area (Å²) in [6, 6.07) is 0.502. The van der Waals surface area contributed by atoms with Gasteiger partial charge in [0, 0.05) is 19.0 Å². The van der Waals surface area contributed by atoms with Gasteiger partial charge in [0.15, 0.2) is 0 Å². The van der Waals surface area contributed by atoms with E-state index in [1.807, 2.05) is 0 Å². The van der Waals surface area contributed by atoms with Crippen LogP contribution in [0, 0.1) is 11.8 Å². The molecule has 1 N–H and O–H groups in total. The molecule has 0 radical (unpaired) electrons. The van der Waals surface area contributed by atoms with Crippen LogP contribution in [0.3, 0.4) is 0 Å². The van der Waals surface area contributed by atoms with Crippen molar-refractivity contribution in [3.05, 3.63) is 0 Å². The van der Waals surface area contributed by atoms with Gasteiger partial charge in [0.2, 0.25) is 5.91 Å². The molecule has 0 aromatic carbocycles. The van der Waals surface area contributed by atoms with E-state index in [2.05, 4.69) is 24.1 Å². The van der Waals surface area contributed by atoms with E-state index in [-0.39, 0.29) is 0 Å². The van der Waals surface area contributed by atoms with E-state index in [4.69, 9.17) is 0 Å². The summed E-state index contributed by atoms with van der Waals surface area (Å²) in [6.45, 7) is 7.57. The van der Waals surface area contributed by atoms with Gasteiger partial charge in [-0.2, -0.15) is 0 Å². The predicted octanol–water partition coefficient (Wildman–Crippen LogP) is 1.63. The van der Waals surface area contributed by atoms with Crippen LogP contribution in [-0.2, 0) is 4.79 Å². The molecule has 0 aromatic heterocycles. The highest BCUT2D eigenvalue weighted by molar-refractivity contribution is 5.77. The van der Waals surface area contributed by atoms with Crippen LogP contribution in [0.4, 0.5) is 0 Å². The van der Waals surface area contributed by atoms with E-state index in [1.54, 1.807) is 0 Å². The minimum absolute atomic E-state index is 0.393. The summed E-state index contributed by atoms with van der Waals surface area (Å²) in [5.41, 5.74) is 0. The van der Waals surface area contributed by atoms with Crippen LogP contribution in [0.2, 0.25) is 0 Å². The van der Waals surface area contributed by atoms with Gasteiger partial charge in [-0.05, 0) is 44.2 Å². The quantitative estimate of drug-likeness (QED) is 0.790. The number of amides is 1. The third kappa shape index (κ3) is 2.57. The average Bonchev–Trinajstić information content (AvgIpc) is 2.86. The lowest BCUT2D eigenvalue weighted by atomic mass is 10.00. The molecule has 3 heteroatoms. The van der Waals surface area contributed by atoms with Gasteiger partial charge in [-0.1, -0.05) is 13.8 Å². The zero-order valence-electron chi connectivity index (χ0n) is 10.5. The molecule has 2 atom stereocenters. The smallest absolute Gasteiger partial charge is 0.223 e. The molecule has 2 heterocycles. The lowest BCUT2D eigenvalue weighted by molar-refractivity contribution is -0.133. The zero-order chi connectivity index (χ0) is 11.5. The fourth-order valence-electron chi connectivity index (χ4n) is 3.05. The van der Waals surface area contributed by atoms with E-state index >= 15 is 0 Å². The Hall–Kier alpha value is -0.570. The molecule has 0 aliphatic carbocycles. The van der Waals surface area contributed by atoms with Crippen molar-refractivity contribution in [2.75, 3.05) is 19.6 Å². The van der Waals surface area contributed by atoms with Gasteiger partial charge in [-0.15, -0.1) is 0 Å². The van der Waals surface area contributed by atoms with Crippen molar-refractivity contribution in [1.29, 1.82) is 0 Å². The summed E-state index contributed by atoms with van der Waals surface area (Å²) < 4.78 is 0. The fraction of sp³-hybridized carbons (Fsp3) is 0.923. The number of carbonyl (C=O) groups excluding carboxylic acids is 1. The van der Waals surface area contributed by atoms with Crippen LogP contribution >= 0.6 is 0 Å². The Balaban J connectivity index is 1.87. The highest BCUT2D eigenvalue weighted by Crippen LogP contribution is 2.26. The highest BCUT2D eigenvalue weighted by Gasteiger charge is 2.32. The molecular weight excluding hydrogens is 200 g/mol. The van der Waals surface area contributed by atoms with Gasteiger partial charge in [-0.3, -0.25) is 4.79 Å². The van der Waals surface area contributed by atoms with Crippen molar-refractivity contribution in [2.24, 2.45) is 11.8 Å². The minimum Gasteiger partial charge on any atom is -0.339 e. The van der Waals surface area contributed by atoms with Gasteiger partial charge in [-0.25, -0.2) is 0 Å². The van der Waals surface area contributed by atoms with Crippen LogP contribution < -0.4 is 5.32 Å². The molecule has 1 amide bonds. The number of carbonyl (C=O) groups is 1. The van der Waals surface area contributed by atoms with Gasteiger partial charge in [0.25, 0.3) is 0 Å². The number of rotatable bonds is 3. The van der Waals surface area contributed by atoms with Crippen LogP contribution in [0.5, 0.6) is 0 Å². The first-order valence-corrected chi connectivity index (χ1v) is 6.68. The SMILES string of the molecule is CC(C)C1CCCN1C(=O)CC1CCNC1. The Morgan fingerprint density at radius 1 is 1.44 bits per heavy atom. The summed E-state index contributed by atoms with van der Waals surface area (Å²) in [5.74, 6) is 1.58. The molecule has 2 saturated heterocycles. The maximum absolute atomic E-state index is 12.2. The molecule has 0 bridgehead atoms. The topological polar surface area (TPSA) is 32.3 Å². The molecule has 0 aromatic rings. The minimum atomic E-state index is 0.393. The van der Waals surface area contributed by atoms with E-state index in [0.29, 0.717) is 23.8 Å². The van der Waals surface area contributed by atoms with Gasteiger partial charge in [0.05, 0.1) is 0 Å². The predicted molar refractivity (Wildman–Crippen MR) is 65.2 cm³/mol. The first-order valence-electron chi connectivity index (χ1n) is 6.68. The second kappa shape index (κ2) is 5.17. The summed E-state index contributed by atoms with van der Waals surface area (Å²) >= 11 is 0. The molecule has 2 aliphatic heterocycles. The van der Waals surface area contributed by atoms with E-state index in [0.717, 1.165) is 26.1 Å². The maximum atomic E-state index is 12.2. The third-order valence-electron chi connectivity index (χ3n) is 4.01. The standard InChI is InChI=1S/C13H24N2O/c1-10(2)12-4-3-7-15(12)13(16)8-11-5-6-14-9-11/h10-12,14H,3-9H2,1-2H3. The van der Waals surface area contributed by atoms with Gasteiger partial charge < -0.3 is 10.2 Å². The highest BCUT2D eigenvalue weighted by atomic mass is 16.2. The van der Waals surface area contributed by atoms with Crippen molar-refractivity contribution in [2.45, 2.75) is 45.6 Å². The molecule has 3 nitrogen and oxygen atoms in total. The number of hydrogen-bond acceptors (Lipinski definition) is 2. The molecule has 0 saturated carbocycles. The van der Waals surface area contributed by atoms with Crippen LogP contribution in [-0.4, -0.2) is 36.5 Å². The molecule has 16 heavy (non-hydrogen) atoms. The largest absolute Gasteiger partial charge is 0.339 e. The van der Waals surface area contributed by atoms with Crippen LogP contribution in [0.1, 0.15) is 39.5 Å². The number of nitrogens with one attached hydrogen (secondary N) is 1. The molecule has 92 valence electrons. The number of nitrogens with zero attached hydrogens (tertiary/aromatic N) is 1. The van der Waals surface area contributed by atoms with Crippen molar-refractivity contribution < 1.29 is 4.79 Å². The lowest BCUT2D eigenvalue weighted by Crippen LogP contribution is -2.39. The Bertz CT molecular complexity index is 246. The summed E-state index contributed by atoms with van der Waals surface area (Å²) in [4.78, 5) is 14.4. The summed E-state index contributed by atoms with van der Waals surface area (Å²) in [5, 5.41) is 3.33. The van der Waals surface area contributed by atoms with Crippen LogP contribution in [0.15, 0.2) is 0 Å². The van der Waals surface area contributed by atoms with E-state index in [9.17, 15) is 4.79 Å². The molecule has 2 rings (SSSR count). The van der Waals surface area contributed by atoms with Gasteiger partial charge >= 0.3 is 0 Å². The summed E-state index contributed by atoms with van der Waals surface area (Å²) in [6.07, 6.45) is 4.33. The maximum Gasteiger partial charge on any atom is 0.223 e. The Morgan fingerprint density at radius 3 is 2.88 bits per heavy atom. The van der Waals surface area contributed by atoms with Gasteiger partial charge in [0.1, 0.15) is 0 Å². The second-order valence-corrected chi connectivity index (χ2v) is 5.60. The second-order valence-electron chi connectivity index (χ2n) is 5.60. The first kappa shape index (κ1) is 11.9. The molecule has 2 fully saturated rings. The fourth-order valence-corrected chi connectivity index (χ4v) is 3.05. The van der Waals surface area contributed by atoms with Crippen molar-refractivity contribution in [1.82, 2.24) is 10.2 Å². The Kier molecular flexibility index (Phi) is 3.85. The number of hydrogen-bond donors (Lipinski definition) is 1. The Morgan fingerprint density at radius 2 is 2.25 bits per heavy atom. The molecular formula is C13H24N2O. The monoisotopic (exact) mass is 224 g/mol. The average molecular weight is 224 g/mol. The summed E-state index contributed by atoms with van der Waals surface area (Å²) in [7, 11) is 0. The van der Waals surface area contributed by atoms with E-state index < -0.39 is 0 Å². The van der Waals surface area contributed by atoms with Crippen molar-refractivity contribution >= 4 is 5.91 Å². The third-order valence-corrected chi connectivity index (χ3v) is 4.01. The van der Waals surface area contributed by atoms with E-state index in [1.165, 1.54) is 19.3 Å². The lowest BCUT2D eigenvalue weighted by Gasteiger charge is -2.28. The van der Waals surface area contributed by atoms with Crippen molar-refractivity contribution in [3.63, 3.8) is 0 Å². The van der Waals surface area contributed by atoms with Crippen LogP contribution in [0.25, 0.3) is 0 Å². The first-order chi connectivity index (χ1) is 7.68. The molecule has 2 unspecified atom stereocenters. The Labute approximate surface area is 98.6 Å². The van der Waals surface area contributed by atoms with Crippen molar-refractivity contribution in [3.8, 4) is 0 Å². The normalized spacial score (nSPS) is 30.3. The molecule has 0 spiro atoms. The molecule has 2 aliphatic rings. The number of likely N-dealkylation sites (tertiary alicyclic amines) is 1. The zero-order valence-corrected chi connectivity index (χ0v) is 10.5.